The Hall–Kier alpha value is -0.810. The van der Waals surface area contributed by atoms with Crippen molar-refractivity contribution in [1.82, 2.24) is 4.98 Å². The van der Waals surface area contributed by atoms with Gasteiger partial charge in [-0.05, 0) is 44.8 Å². The maximum absolute atomic E-state index is 11.9. The fourth-order valence-corrected chi connectivity index (χ4v) is 3.08. The van der Waals surface area contributed by atoms with E-state index in [4.69, 9.17) is 4.74 Å². The molecule has 0 aliphatic heterocycles. The van der Waals surface area contributed by atoms with Crippen molar-refractivity contribution in [2.45, 2.75) is 6.92 Å². The summed E-state index contributed by atoms with van der Waals surface area (Å²) in [5.41, 5.74) is 1.53. The van der Waals surface area contributed by atoms with Crippen LogP contribution in [0.1, 0.15) is 5.69 Å². The highest BCUT2D eigenvalue weighted by Gasteiger charge is 2.13. The summed E-state index contributed by atoms with van der Waals surface area (Å²) in [4.78, 5) is 15.1. The van der Waals surface area contributed by atoms with Crippen LogP contribution >= 0.6 is 31.9 Å². The van der Waals surface area contributed by atoms with E-state index in [0.29, 0.717) is 11.1 Å². The minimum Gasteiger partial charge on any atom is -0.495 e. The number of benzene rings is 1. The third-order valence-electron chi connectivity index (χ3n) is 2.31. The SMILES string of the molecule is COc1c(Br)cc(Br)c2[nH]c(C)cc(=O)c12. The van der Waals surface area contributed by atoms with E-state index >= 15 is 0 Å². The summed E-state index contributed by atoms with van der Waals surface area (Å²) in [6.07, 6.45) is 0. The Morgan fingerprint density at radius 3 is 2.56 bits per heavy atom. The van der Waals surface area contributed by atoms with Gasteiger partial charge in [0.2, 0.25) is 0 Å². The van der Waals surface area contributed by atoms with Gasteiger partial charge in [0.05, 0.1) is 22.5 Å². The Kier molecular flexibility index (Phi) is 3.08. The molecule has 84 valence electrons. The standard InChI is InChI=1S/C11H9Br2NO2/c1-5-3-8(15)9-10(14-5)6(12)4-7(13)11(9)16-2/h3-4H,1-2H3,(H,14,15). The molecule has 0 saturated heterocycles. The van der Waals surface area contributed by atoms with Gasteiger partial charge >= 0.3 is 0 Å². The number of aromatic nitrogens is 1. The van der Waals surface area contributed by atoms with E-state index in [1.807, 2.05) is 13.0 Å². The highest BCUT2D eigenvalue weighted by atomic mass is 79.9. The van der Waals surface area contributed by atoms with Crippen LogP contribution in [0.25, 0.3) is 10.9 Å². The van der Waals surface area contributed by atoms with Gasteiger partial charge in [0, 0.05) is 16.2 Å². The van der Waals surface area contributed by atoms with Crippen molar-refractivity contribution in [2.75, 3.05) is 7.11 Å². The smallest absolute Gasteiger partial charge is 0.193 e. The molecule has 0 unspecified atom stereocenters. The maximum atomic E-state index is 11.9. The van der Waals surface area contributed by atoms with Gasteiger partial charge in [-0.1, -0.05) is 0 Å². The molecule has 0 saturated carbocycles. The molecule has 1 heterocycles. The maximum Gasteiger partial charge on any atom is 0.193 e. The number of aromatic amines is 1. The largest absolute Gasteiger partial charge is 0.495 e. The lowest BCUT2D eigenvalue weighted by atomic mass is 10.2. The van der Waals surface area contributed by atoms with Crippen LogP contribution in [0.3, 0.4) is 0 Å². The van der Waals surface area contributed by atoms with Gasteiger partial charge < -0.3 is 9.72 Å². The Balaban J connectivity index is 3.06. The average Bonchev–Trinajstić information content (AvgIpc) is 2.20. The van der Waals surface area contributed by atoms with Crippen LogP contribution in [0.4, 0.5) is 0 Å². The zero-order valence-electron chi connectivity index (χ0n) is 8.73. The highest BCUT2D eigenvalue weighted by Crippen LogP contribution is 2.35. The average molecular weight is 347 g/mol. The van der Waals surface area contributed by atoms with Crippen LogP contribution in [-0.2, 0) is 0 Å². The molecule has 0 aliphatic carbocycles. The predicted molar refractivity (Wildman–Crippen MR) is 71.3 cm³/mol. The Labute approximate surface area is 109 Å². The number of nitrogens with one attached hydrogen (secondary N) is 1. The van der Waals surface area contributed by atoms with E-state index in [0.717, 1.165) is 20.2 Å². The summed E-state index contributed by atoms with van der Waals surface area (Å²) in [6.45, 7) is 1.85. The second-order valence-corrected chi connectivity index (χ2v) is 5.15. The van der Waals surface area contributed by atoms with Gasteiger partial charge in [-0.2, -0.15) is 0 Å². The van der Waals surface area contributed by atoms with E-state index in [9.17, 15) is 4.79 Å². The van der Waals surface area contributed by atoms with E-state index in [1.165, 1.54) is 0 Å². The van der Waals surface area contributed by atoms with E-state index in [-0.39, 0.29) is 5.43 Å². The molecule has 0 radical (unpaired) electrons. The normalized spacial score (nSPS) is 10.8. The first kappa shape index (κ1) is 11.7. The molecule has 1 N–H and O–H groups in total. The summed E-state index contributed by atoms with van der Waals surface area (Å²) < 4.78 is 6.83. The number of methoxy groups -OCH3 is 1. The molecule has 0 spiro atoms. The molecule has 1 aromatic carbocycles. The lowest BCUT2D eigenvalue weighted by Gasteiger charge is -2.09. The third-order valence-corrected chi connectivity index (χ3v) is 3.52. The summed E-state index contributed by atoms with van der Waals surface area (Å²) in [5.74, 6) is 0.555. The van der Waals surface area contributed by atoms with Gasteiger partial charge in [-0.15, -0.1) is 0 Å². The second kappa shape index (κ2) is 4.22. The Morgan fingerprint density at radius 2 is 1.94 bits per heavy atom. The van der Waals surface area contributed by atoms with Crippen molar-refractivity contribution >= 4 is 42.8 Å². The zero-order valence-corrected chi connectivity index (χ0v) is 11.9. The van der Waals surface area contributed by atoms with E-state index < -0.39 is 0 Å². The van der Waals surface area contributed by atoms with Crippen LogP contribution in [0.15, 0.2) is 25.9 Å². The molecule has 2 rings (SSSR count). The Bertz CT molecular complexity index is 619. The van der Waals surface area contributed by atoms with Gasteiger partial charge in [0.25, 0.3) is 0 Å². The fraction of sp³-hybridized carbons (Fsp3) is 0.182. The molecule has 0 aliphatic rings. The van der Waals surface area contributed by atoms with Crippen molar-refractivity contribution in [1.29, 1.82) is 0 Å². The highest BCUT2D eigenvalue weighted by molar-refractivity contribution is 9.11. The van der Waals surface area contributed by atoms with Gasteiger partial charge in [-0.25, -0.2) is 0 Å². The third kappa shape index (κ3) is 1.78. The van der Waals surface area contributed by atoms with Crippen molar-refractivity contribution < 1.29 is 4.74 Å². The molecular formula is C11H9Br2NO2. The first-order chi connectivity index (χ1) is 7.54. The second-order valence-electron chi connectivity index (χ2n) is 3.44. The number of ether oxygens (including phenoxy) is 1. The summed E-state index contributed by atoms with van der Waals surface area (Å²) >= 11 is 6.80. The van der Waals surface area contributed by atoms with Gasteiger partial charge in [-0.3, -0.25) is 4.79 Å². The number of rotatable bonds is 1. The lowest BCUT2D eigenvalue weighted by molar-refractivity contribution is 0.417. The fourth-order valence-electron chi connectivity index (χ4n) is 1.66. The molecule has 0 amide bonds. The molecule has 16 heavy (non-hydrogen) atoms. The summed E-state index contributed by atoms with van der Waals surface area (Å²) in [6, 6.07) is 3.42. The van der Waals surface area contributed by atoms with Crippen LogP contribution in [0.2, 0.25) is 0 Å². The predicted octanol–water partition coefficient (Wildman–Crippen LogP) is 3.37. The van der Waals surface area contributed by atoms with E-state index in [2.05, 4.69) is 36.8 Å². The van der Waals surface area contributed by atoms with Crippen LogP contribution < -0.4 is 10.2 Å². The number of pyridine rings is 1. The molecule has 0 fully saturated rings. The quantitative estimate of drug-likeness (QED) is 0.860. The van der Waals surface area contributed by atoms with Crippen molar-refractivity contribution in [2.24, 2.45) is 0 Å². The molecule has 3 nitrogen and oxygen atoms in total. The Morgan fingerprint density at radius 1 is 1.25 bits per heavy atom. The molecular weight excluding hydrogens is 338 g/mol. The molecule has 0 bridgehead atoms. The van der Waals surface area contributed by atoms with Crippen LogP contribution in [0, 0.1) is 6.92 Å². The van der Waals surface area contributed by atoms with Crippen molar-refractivity contribution in [3.05, 3.63) is 37.0 Å². The number of fused-ring (bicyclic) bond motifs is 1. The van der Waals surface area contributed by atoms with Crippen LogP contribution in [0.5, 0.6) is 5.75 Å². The van der Waals surface area contributed by atoms with E-state index in [1.54, 1.807) is 13.2 Å². The number of halogens is 2. The first-order valence-corrected chi connectivity index (χ1v) is 6.19. The molecule has 2 aromatic rings. The molecule has 1 aromatic heterocycles. The van der Waals surface area contributed by atoms with Gasteiger partial charge in [0.15, 0.2) is 5.43 Å². The molecule has 5 heteroatoms. The van der Waals surface area contributed by atoms with Gasteiger partial charge in [0.1, 0.15) is 5.75 Å². The summed E-state index contributed by atoms with van der Waals surface area (Å²) in [7, 11) is 1.55. The zero-order chi connectivity index (χ0) is 11.9. The number of H-pyrrole nitrogens is 1. The lowest BCUT2D eigenvalue weighted by Crippen LogP contribution is -2.05. The van der Waals surface area contributed by atoms with Crippen LogP contribution in [-0.4, -0.2) is 12.1 Å². The number of hydrogen-bond acceptors (Lipinski definition) is 2. The molecule has 0 atom stereocenters. The van der Waals surface area contributed by atoms with Crippen molar-refractivity contribution in [3.8, 4) is 5.75 Å². The summed E-state index contributed by atoms with van der Waals surface area (Å²) in [5, 5.41) is 0.550. The topological polar surface area (TPSA) is 42.1 Å². The number of aryl methyl sites for hydroxylation is 1. The minimum absolute atomic E-state index is 0.0508. The monoisotopic (exact) mass is 345 g/mol. The number of hydrogen-bond donors (Lipinski definition) is 1. The first-order valence-electron chi connectivity index (χ1n) is 4.60. The minimum atomic E-state index is -0.0508. The van der Waals surface area contributed by atoms with Crippen molar-refractivity contribution in [3.63, 3.8) is 0 Å².